The van der Waals surface area contributed by atoms with Crippen molar-refractivity contribution >= 4 is 0 Å². The van der Waals surface area contributed by atoms with Gasteiger partial charge in [0.25, 0.3) is 0 Å². The summed E-state index contributed by atoms with van der Waals surface area (Å²) >= 11 is 0. The zero-order valence-electron chi connectivity index (χ0n) is 12.9. The second-order valence-corrected chi connectivity index (χ2v) is 5.97. The van der Waals surface area contributed by atoms with Crippen LogP contribution >= 0.6 is 0 Å². The SMILES string of the molecule is CCCNC(c1ccc2c(c1)OCCO2)C1COC(C)C1. The van der Waals surface area contributed by atoms with Gasteiger partial charge in [-0.3, -0.25) is 0 Å². The molecule has 0 saturated carbocycles. The molecule has 1 fully saturated rings. The maximum atomic E-state index is 5.76. The summed E-state index contributed by atoms with van der Waals surface area (Å²) in [5, 5.41) is 3.68. The molecule has 0 aromatic heterocycles. The first-order valence-electron chi connectivity index (χ1n) is 8.02. The molecule has 3 rings (SSSR count). The minimum atomic E-state index is 0.325. The monoisotopic (exact) mass is 291 g/mol. The summed E-state index contributed by atoms with van der Waals surface area (Å²) in [6.45, 7) is 7.47. The van der Waals surface area contributed by atoms with Crippen molar-refractivity contribution in [1.29, 1.82) is 0 Å². The Bertz CT molecular complexity index is 477. The van der Waals surface area contributed by atoms with E-state index in [2.05, 4.69) is 31.3 Å². The first-order chi connectivity index (χ1) is 10.3. The van der Waals surface area contributed by atoms with Gasteiger partial charge in [-0.05, 0) is 44.0 Å². The van der Waals surface area contributed by atoms with Crippen molar-refractivity contribution in [3.8, 4) is 11.5 Å². The van der Waals surface area contributed by atoms with Gasteiger partial charge in [0.1, 0.15) is 13.2 Å². The second kappa shape index (κ2) is 6.67. The van der Waals surface area contributed by atoms with Crippen molar-refractivity contribution in [3.63, 3.8) is 0 Å². The van der Waals surface area contributed by atoms with Crippen LogP contribution in [-0.4, -0.2) is 32.5 Å². The Morgan fingerprint density at radius 3 is 2.76 bits per heavy atom. The van der Waals surface area contributed by atoms with Gasteiger partial charge in [0.05, 0.1) is 12.7 Å². The molecule has 2 aliphatic rings. The number of hydrogen-bond acceptors (Lipinski definition) is 4. The lowest BCUT2D eigenvalue weighted by atomic mass is 9.90. The molecule has 0 aliphatic carbocycles. The van der Waals surface area contributed by atoms with E-state index in [1.54, 1.807) is 0 Å². The number of rotatable bonds is 5. The molecular formula is C17H25NO3. The average Bonchev–Trinajstić information content (AvgIpc) is 2.94. The average molecular weight is 291 g/mol. The molecule has 4 heteroatoms. The number of hydrogen-bond donors (Lipinski definition) is 1. The molecule has 21 heavy (non-hydrogen) atoms. The van der Waals surface area contributed by atoms with E-state index in [4.69, 9.17) is 14.2 Å². The molecule has 3 unspecified atom stereocenters. The Labute approximate surface area is 126 Å². The van der Waals surface area contributed by atoms with Crippen LogP contribution in [0.15, 0.2) is 18.2 Å². The molecule has 116 valence electrons. The van der Waals surface area contributed by atoms with E-state index in [1.165, 1.54) is 5.56 Å². The standard InChI is InChI=1S/C17H25NO3/c1-3-6-18-17(14-9-12(2)21-11-14)13-4-5-15-16(10-13)20-8-7-19-15/h4-5,10,12,14,17-18H,3,6-9,11H2,1-2H3. The maximum Gasteiger partial charge on any atom is 0.161 e. The Balaban J connectivity index is 1.81. The van der Waals surface area contributed by atoms with E-state index >= 15 is 0 Å². The lowest BCUT2D eigenvalue weighted by Crippen LogP contribution is -2.29. The molecule has 4 nitrogen and oxygen atoms in total. The van der Waals surface area contributed by atoms with Crippen LogP contribution in [0.5, 0.6) is 11.5 Å². The Morgan fingerprint density at radius 1 is 1.24 bits per heavy atom. The van der Waals surface area contributed by atoms with Gasteiger partial charge < -0.3 is 19.5 Å². The Morgan fingerprint density at radius 2 is 2.05 bits per heavy atom. The van der Waals surface area contributed by atoms with Gasteiger partial charge in [-0.1, -0.05) is 13.0 Å². The number of ether oxygens (including phenoxy) is 3. The lowest BCUT2D eigenvalue weighted by molar-refractivity contribution is 0.116. The summed E-state index contributed by atoms with van der Waals surface area (Å²) in [5.74, 6) is 2.25. The summed E-state index contributed by atoms with van der Waals surface area (Å²) in [5.41, 5.74) is 1.27. The van der Waals surface area contributed by atoms with Crippen LogP contribution in [0.25, 0.3) is 0 Å². The van der Waals surface area contributed by atoms with Crippen LogP contribution in [-0.2, 0) is 4.74 Å². The summed E-state index contributed by atoms with van der Waals surface area (Å²) < 4.78 is 17.1. The van der Waals surface area contributed by atoms with Crippen molar-refractivity contribution in [3.05, 3.63) is 23.8 Å². The third-order valence-corrected chi connectivity index (χ3v) is 4.24. The highest BCUT2D eigenvalue weighted by atomic mass is 16.6. The minimum absolute atomic E-state index is 0.325. The smallest absolute Gasteiger partial charge is 0.161 e. The van der Waals surface area contributed by atoms with E-state index in [9.17, 15) is 0 Å². The quantitative estimate of drug-likeness (QED) is 0.905. The predicted molar refractivity (Wildman–Crippen MR) is 82.0 cm³/mol. The molecule has 2 heterocycles. The van der Waals surface area contributed by atoms with Gasteiger partial charge in [0.15, 0.2) is 11.5 Å². The Hall–Kier alpha value is -1.26. The first kappa shape index (κ1) is 14.7. The molecule has 1 aromatic rings. The van der Waals surface area contributed by atoms with Crippen molar-refractivity contribution in [2.75, 3.05) is 26.4 Å². The first-order valence-corrected chi connectivity index (χ1v) is 8.02. The molecule has 1 N–H and O–H groups in total. The van der Waals surface area contributed by atoms with E-state index in [-0.39, 0.29) is 0 Å². The van der Waals surface area contributed by atoms with Gasteiger partial charge in [-0.2, -0.15) is 0 Å². The van der Waals surface area contributed by atoms with E-state index in [0.717, 1.165) is 37.5 Å². The highest BCUT2D eigenvalue weighted by Crippen LogP contribution is 2.37. The van der Waals surface area contributed by atoms with Crippen LogP contribution in [0.3, 0.4) is 0 Å². The summed E-state index contributed by atoms with van der Waals surface area (Å²) in [6.07, 6.45) is 2.60. The van der Waals surface area contributed by atoms with Crippen LogP contribution < -0.4 is 14.8 Å². The van der Waals surface area contributed by atoms with E-state index in [1.807, 2.05) is 6.07 Å². The molecule has 3 atom stereocenters. The lowest BCUT2D eigenvalue weighted by Gasteiger charge is -2.26. The van der Waals surface area contributed by atoms with Crippen molar-refractivity contribution in [2.24, 2.45) is 5.92 Å². The third-order valence-electron chi connectivity index (χ3n) is 4.24. The van der Waals surface area contributed by atoms with Crippen LogP contribution in [0.1, 0.15) is 38.3 Å². The molecule has 2 aliphatic heterocycles. The van der Waals surface area contributed by atoms with Gasteiger partial charge in [0, 0.05) is 12.0 Å². The molecule has 1 aromatic carbocycles. The summed E-state index contributed by atoms with van der Waals surface area (Å²) in [4.78, 5) is 0. The molecular weight excluding hydrogens is 266 g/mol. The molecule has 1 saturated heterocycles. The van der Waals surface area contributed by atoms with Gasteiger partial charge in [0.2, 0.25) is 0 Å². The molecule has 0 spiro atoms. The summed E-state index contributed by atoms with van der Waals surface area (Å²) in [7, 11) is 0. The largest absolute Gasteiger partial charge is 0.486 e. The normalized spacial score (nSPS) is 25.8. The van der Waals surface area contributed by atoms with Gasteiger partial charge in [-0.25, -0.2) is 0 Å². The number of benzene rings is 1. The highest BCUT2D eigenvalue weighted by molar-refractivity contribution is 5.44. The fourth-order valence-corrected chi connectivity index (χ4v) is 3.19. The van der Waals surface area contributed by atoms with E-state index < -0.39 is 0 Å². The number of nitrogens with one attached hydrogen (secondary N) is 1. The topological polar surface area (TPSA) is 39.7 Å². The van der Waals surface area contributed by atoms with Crippen molar-refractivity contribution < 1.29 is 14.2 Å². The molecule has 0 radical (unpaired) electrons. The van der Waals surface area contributed by atoms with Crippen LogP contribution in [0, 0.1) is 5.92 Å². The molecule has 0 amide bonds. The maximum absolute atomic E-state index is 5.76. The van der Waals surface area contributed by atoms with Gasteiger partial charge >= 0.3 is 0 Å². The summed E-state index contributed by atoms with van der Waals surface area (Å²) in [6, 6.07) is 6.64. The fourth-order valence-electron chi connectivity index (χ4n) is 3.19. The predicted octanol–water partition coefficient (Wildman–Crippen LogP) is 2.92. The zero-order chi connectivity index (χ0) is 14.7. The molecule has 0 bridgehead atoms. The highest BCUT2D eigenvalue weighted by Gasteiger charge is 2.31. The minimum Gasteiger partial charge on any atom is -0.486 e. The van der Waals surface area contributed by atoms with E-state index in [0.29, 0.717) is 31.3 Å². The van der Waals surface area contributed by atoms with Crippen LogP contribution in [0.2, 0.25) is 0 Å². The zero-order valence-corrected chi connectivity index (χ0v) is 12.9. The fraction of sp³-hybridized carbons (Fsp3) is 0.647. The van der Waals surface area contributed by atoms with Crippen molar-refractivity contribution in [2.45, 2.75) is 38.8 Å². The van der Waals surface area contributed by atoms with Crippen molar-refractivity contribution in [1.82, 2.24) is 5.32 Å². The second-order valence-electron chi connectivity index (χ2n) is 5.97. The number of fused-ring (bicyclic) bond motifs is 1. The van der Waals surface area contributed by atoms with Crippen LogP contribution in [0.4, 0.5) is 0 Å². The third kappa shape index (κ3) is 3.33. The van der Waals surface area contributed by atoms with Gasteiger partial charge in [-0.15, -0.1) is 0 Å². The Kier molecular flexibility index (Phi) is 4.66.